The lowest BCUT2D eigenvalue weighted by Gasteiger charge is -2.21. The molecule has 0 bridgehead atoms. The molecular weight excluding hydrogens is 264 g/mol. The number of anilines is 1. The standard InChI is InChI=1S/C17H26N2O2/c1-5-6-17(7-8-17)11-18-14-10-12(15(20)21)9-13(19-14)16(2,3)4/h9-10H,5-8,11H2,1-4H3,(H,18,19)(H,20,21). The van der Waals surface area contributed by atoms with Crippen LogP contribution in [0.15, 0.2) is 12.1 Å². The molecule has 1 fully saturated rings. The van der Waals surface area contributed by atoms with E-state index >= 15 is 0 Å². The molecule has 4 heteroatoms. The third kappa shape index (κ3) is 3.96. The second-order valence-electron chi connectivity index (χ2n) is 7.29. The molecule has 2 N–H and O–H groups in total. The molecule has 0 spiro atoms. The minimum atomic E-state index is -0.902. The Balaban J connectivity index is 2.18. The zero-order valence-electron chi connectivity index (χ0n) is 13.5. The molecule has 0 amide bonds. The van der Waals surface area contributed by atoms with Crippen LogP contribution in [0.3, 0.4) is 0 Å². The van der Waals surface area contributed by atoms with Crippen molar-refractivity contribution in [3.63, 3.8) is 0 Å². The highest BCUT2D eigenvalue weighted by Crippen LogP contribution is 2.49. The van der Waals surface area contributed by atoms with Gasteiger partial charge >= 0.3 is 5.97 Å². The molecule has 2 rings (SSSR count). The molecule has 4 nitrogen and oxygen atoms in total. The fourth-order valence-electron chi connectivity index (χ4n) is 2.63. The van der Waals surface area contributed by atoms with E-state index in [-0.39, 0.29) is 5.41 Å². The second-order valence-corrected chi connectivity index (χ2v) is 7.29. The lowest BCUT2D eigenvalue weighted by Crippen LogP contribution is -2.19. The number of carboxylic acids is 1. The molecule has 0 saturated heterocycles. The fourth-order valence-corrected chi connectivity index (χ4v) is 2.63. The van der Waals surface area contributed by atoms with Crippen molar-refractivity contribution in [2.75, 3.05) is 11.9 Å². The Morgan fingerprint density at radius 3 is 2.52 bits per heavy atom. The van der Waals surface area contributed by atoms with Crippen molar-refractivity contribution < 1.29 is 9.90 Å². The number of carboxylic acid groups (broad SMARTS) is 1. The number of hydrogen-bond donors (Lipinski definition) is 2. The number of carbonyl (C=O) groups is 1. The maximum Gasteiger partial charge on any atom is 0.335 e. The number of aromatic carboxylic acids is 1. The van der Waals surface area contributed by atoms with E-state index in [1.54, 1.807) is 12.1 Å². The minimum Gasteiger partial charge on any atom is -0.478 e. The van der Waals surface area contributed by atoms with Crippen LogP contribution in [-0.4, -0.2) is 22.6 Å². The van der Waals surface area contributed by atoms with Gasteiger partial charge in [-0.05, 0) is 36.8 Å². The maximum absolute atomic E-state index is 11.3. The first-order valence-electron chi connectivity index (χ1n) is 7.75. The van der Waals surface area contributed by atoms with Gasteiger partial charge in [-0.2, -0.15) is 0 Å². The highest BCUT2D eigenvalue weighted by atomic mass is 16.4. The van der Waals surface area contributed by atoms with Crippen molar-refractivity contribution in [3.05, 3.63) is 23.4 Å². The molecule has 1 saturated carbocycles. The molecule has 116 valence electrons. The third-order valence-electron chi connectivity index (χ3n) is 4.22. The van der Waals surface area contributed by atoms with Crippen molar-refractivity contribution >= 4 is 11.8 Å². The van der Waals surface area contributed by atoms with E-state index in [1.165, 1.54) is 25.7 Å². The summed E-state index contributed by atoms with van der Waals surface area (Å²) in [4.78, 5) is 15.9. The van der Waals surface area contributed by atoms with Crippen LogP contribution in [0.2, 0.25) is 0 Å². The summed E-state index contributed by atoms with van der Waals surface area (Å²) < 4.78 is 0. The van der Waals surface area contributed by atoms with Crippen LogP contribution in [0.4, 0.5) is 5.82 Å². The van der Waals surface area contributed by atoms with Gasteiger partial charge in [0.1, 0.15) is 5.82 Å². The van der Waals surface area contributed by atoms with Gasteiger partial charge in [0.2, 0.25) is 0 Å². The number of hydrogen-bond acceptors (Lipinski definition) is 3. The van der Waals surface area contributed by atoms with E-state index in [2.05, 4.69) is 17.2 Å². The smallest absolute Gasteiger partial charge is 0.335 e. The molecular formula is C17H26N2O2. The molecule has 0 aromatic carbocycles. The van der Waals surface area contributed by atoms with E-state index < -0.39 is 5.97 Å². The monoisotopic (exact) mass is 290 g/mol. The highest BCUT2D eigenvalue weighted by Gasteiger charge is 2.41. The zero-order chi connectivity index (χ0) is 15.7. The number of pyridine rings is 1. The number of rotatable bonds is 6. The van der Waals surface area contributed by atoms with Crippen molar-refractivity contribution in [1.29, 1.82) is 0 Å². The molecule has 21 heavy (non-hydrogen) atoms. The molecule has 0 radical (unpaired) electrons. The Hall–Kier alpha value is -1.58. The van der Waals surface area contributed by atoms with Gasteiger partial charge in [-0.15, -0.1) is 0 Å². The molecule has 0 unspecified atom stereocenters. The van der Waals surface area contributed by atoms with Crippen LogP contribution in [-0.2, 0) is 5.41 Å². The summed E-state index contributed by atoms with van der Waals surface area (Å²) in [6.45, 7) is 9.24. The van der Waals surface area contributed by atoms with Gasteiger partial charge in [0, 0.05) is 17.7 Å². The lowest BCUT2D eigenvalue weighted by atomic mass is 9.90. The summed E-state index contributed by atoms with van der Waals surface area (Å²) in [5.41, 5.74) is 1.36. The molecule has 1 aliphatic rings. The Morgan fingerprint density at radius 1 is 1.38 bits per heavy atom. The van der Waals surface area contributed by atoms with Gasteiger partial charge in [0.25, 0.3) is 0 Å². The topological polar surface area (TPSA) is 62.2 Å². The van der Waals surface area contributed by atoms with E-state index in [0.29, 0.717) is 16.8 Å². The Morgan fingerprint density at radius 2 is 2.05 bits per heavy atom. The normalized spacial score (nSPS) is 16.6. The molecule has 1 aliphatic carbocycles. The quantitative estimate of drug-likeness (QED) is 0.829. The van der Waals surface area contributed by atoms with Crippen LogP contribution in [0.25, 0.3) is 0 Å². The summed E-state index contributed by atoms with van der Waals surface area (Å²) >= 11 is 0. The molecule has 0 aliphatic heterocycles. The van der Waals surface area contributed by atoms with Gasteiger partial charge < -0.3 is 10.4 Å². The summed E-state index contributed by atoms with van der Waals surface area (Å²) in [5.74, 6) is -0.220. The predicted octanol–water partition coefficient (Wildman–Crippen LogP) is 4.07. The van der Waals surface area contributed by atoms with Crippen LogP contribution >= 0.6 is 0 Å². The molecule has 1 aromatic heterocycles. The third-order valence-corrected chi connectivity index (χ3v) is 4.22. The predicted molar refractivity (Wildman–Crippen MR) is 85.0 cm³/mol. The lowest BCUT2D eigenvalue weighted by molar-refractivity contribution is 0.0696. The van der Waals surface area contributed by atoms with Crippen molar-refractivity contribution in [3.8, 4) is 0 Å². The summed E-state index contributed by atoms with van der Waals surface area (Å²) in [7, 11) is 0. The van der Waals surface area contributed by atoms with Gasteiger partial charge in [0.15, 0.2) is 0 Å². The van der Waals surface area contributed by atoms with Crippen molar-refractivity contribution in [2.45, 2.75) is 58.8 Å². The maximum atomic E-state index is 11.3. The van der Waals surface area contributed by atoms with Gasteiger partial charge in [-0.3, -0.25) is 0 Å². The van der Waals surface area contributed by atoms with Crippen molar-refractivity contribution in [1.82, 2.24) is 4.98 Å². The minimum absolute atomic E-state index is 0.164. The van der Waals surface area contributed by atoms with Crippen LogP contribution in [0.5, 0.6) is 0 Å². The van der Waals surface area contributed by atoms with Gasteiger partial charge in [0.05, 0.1) is 5.56 Å². The second kappa shape index (κ2) is 5.66. The summed E-state index contributed by atoms with van der Waals surface area (Å²) in [5, 5.41) is 12.6. The van der Waals surface area contributed by atoms with E-state index in [1.807, 2.05) is 20.8 Å². The molecule has 0 atom stereocenters. The Bertz CT molecular complexity index is 528. The van der Waals surface area contributed by atoms with Crippen LogP contribution < -0.4 is 5.32 Å². The van der Waals surface area contributed by atoms with E-state index in [4.69, 9.17) is 0 Å². The van der Waals surface area contributed by atoms with Crippen LogP contribution in [0, 0.1) is 5.41 Å². The highest BCUT2D eigenvalue weighted by molar-refractivity contribution is 5.88. The SMILES string of the molecule is CCCC1(CNc2cc(C(=O)O)cc(C(C)(C)C)n2)CC1. The Kier molecular flexibility index (Phi) is 4.26. The van der Waals surface area contributed by atoms with Crippen LogP contribution in [0.1, 0.15) is 69.4 Å². The van der Waals surface area contributed by atoms with E-state index in [9.17, 15) is 9.90 Å². The first-order chi connectivity index (χ1) is 9.76. The largest absolute Gasteiger partial charge is 0.478 e. The molecule has 1 heterocycles. The van der Waals surface area contributed by atoms with E-state index in [0.717, 1.165) is 12.2 Å². The Labute approximate surface area is 127 Å². The average Bonchev–Trinajstić information content (AvgIpc) is 3.16. The zero-order valence-corrected chi connectivity index (χ0v) is 13.5. The molecule has 1 aromatic rings. The fraction of sp³-hybridized carbons (Fsp3) is 0.647. The number of aromatic nitrogens is 1. The number of nitrogens with one attached hydrogen (secondary N) is 1. The summed E-state index contributed by atoms with van der Waals surface area (Å²) in [6.07, 6.45) is 4.94. The first kappa shape index (κ1) is 15.8. The van der Waals surface area contributed by atoms with Crippen molar-refractivity contribution in [2.24, 2.45) is 5.41 Å². The number of nitrogens with zero attached hydrogens (tertiary/aromatic N) is 1. The summed E-state index contributed by atoms with van der Waals surface area (Å²) in [6, 6.07) is 3.31. The van der Waals surface area contributed by atoms with Gasteiger partial charge in [-0.1, -0.05) is 34.1 Å². The first-order valence-corrected chi connectivity index (χ1v) is 7.75. The van der Waals surface area contributed by atoms with Gasteiger partial charge in [-0.25, -0.2) is 9.78 Å². The average molecular weight is 290 g/mol.